The van der Waals surface area contributed by atoms with Crippen LogP contribution in [0.1, 0.15) is 71.1 Å². The van der Waals surface area contributed by atoms with Crippen molar-refractivity contribution in [3.8, 4) is 0 Å². The molecule has 0 bridgehead atoms. The van der Waals surface area contributed by atoms with Crippen molar-refractivity contribution in [1.82, 2.24) is 0 Å². The summed E-state index contributed by atoms with van der Waals surface area (Å²) in [6.07, 6.45) is 11.9. The van der Waals surface area contributed by atoms with Crippen molar-refractivity contribution >= 4 is 5.78 Å². The average molecular weight is 290 g/mol. The van der Waals surface area contributed by atoms with Gasteiger partial charge in [0.1, 0.15) is 5.78 Å². The summed E-state index contributed by atoms with van der Waals surface area (Å²) in [5, 5.41) is 10.0. The molecule has 0 amide bonds. The van der Waals surface area contributed by atoms with Crippen LogP contribution in [-0.2, 0) is 4.79 Å². The Morgan fingerprint density at radius 2 is 1.95 bits per heavy atom. The lowest BCUT2D eigenvalue weighted by Crippen LogP contribution is -2.53. The zero-order valence-electron chi connectivity index (χ0n) is 13.4. The number of hydrogen-bond donors (Lipinski definition) is 1. The summed E-state index contributed by atoms with van der Waals surface area (Å²) < 4.78 is 0. The summed E-state index contributed by atoms with van der Waals surface area (Å²) in [7, 11) is 0. The van der Waals surface area contributed by atoms with Gasteiger partial charge in [-0.2, -0.15) is 0 Å². The summed E-state index contributed by atoms with van der Waals surface area (Å²) in [4.78, 5) is 11.9. The zero-order chi connectivity index (χ0) is 14.7. The summed E-state index contributed by atoms with van der Waals surface area (Å²) in [5.41, 5.74) is 0.690. The van der Waals surface area contributed by atoms with E-state index < -0.39 is 0 Å². The molecule has 118 valence electrons. The van der Waals surface area contributed by atoms with Crippen molar-refractivity contribution in [2.45, 2.75) is 71.1 Å². The minimum absolute atomic E-state index is 0.273. The van der Waals surface area contributed by atoms with Gasteiger partial charge in [-0.25, -0.2) is 0 Å². The minimum atomic E-state index is 0.273. The fourth-order valence-electron chi connectivity index (χ4n) is 7.11. The van der Waals surface area contributed by atoms with Gasteiger partial charge in [0.15, 0.2) is 0 Å². The number of ketones is 1. The molecule has 21 heavy (non-hydrogen) atoms. The topological polar surface area (TPSA) is 37.3 Å². The van der Waals surface area contributed by atoms with Crippen molar-refractivity contribution in [2.75, 3.05) is 6.61 Å². The van der Waals surface area contributed by atoms with Gasteiger partial charge < -0.3 is 5.11 Å². The molecule has 0 heterocycles. The number of hydrogen-bond acceptors (Lipinski definition) is 2. The van der Waals surface area contributed by atoms with Crippen molar-refractivity contribution in [1.29, 1.82) is 0 Å². The van der Waals surface area contributed by atoms with Gasteiger partial charge in [0.2, 0.25) is 0 Å². The Hall–Kier alpha value is -0.370. The van der Waals surface area contributed by atoms with E-state index in [-0.39, 0.29) is 5.41 Å². The second kappa shape index (κ2) is 4.81. The fourth-order valence-corrected chi connectivity index (χ4v) is 7.11. The van der Waals surface area contributed by atoms with Gasteiger partial charge in [0.05, 0.1) is 0 Å². The maximum absolute atomic E-state index is 11.9. The van der Waals surface area contributed by atoms with Gasteiger partial charge >= 0.3 is 0 Å². The van der Waals surface area contributed by atoms with E-state index in [1.807, 2.05) is 0 Å². The lowest BCUT2D eigenvalue weighted by atomic mass is 9.45. The van der Waals surface area contributed by atoms with Crippen LogP contribution in [0.3, 0.4) is 0 Å². The maximum Gasteiger partial charge on any atom is 0.133 e. The van der Waals surface area contributed by atoms with E-state index in [4.69, 9.17) is 0 Å². The Kier molecular flexibility index (Phi) is 3.26. The smallest absolute Gasteiger partial charge is 0.133 e. The Morgan fingerprint density at radius 3 is 2.76 bits per heavy atom. The molecule has 1 unspecified atom stereocenters. The molecule has 4 fully saturated rings. The number of Topliss-reactive ketones (excluding diaryl/α,β-unsaturated/α-hetero) is 1. The molecule has 0 aromatic carbocycles. The molecule has 0 aliphatic heterocycles. The molecule has 0 radical (unpaired) electrons. The van der Waals surface area contributed by atoms with Crippen LogP contribution in [0.15, 0.2) is 0 Å². The van der Waals surface area contributed by atoms with Crippen LogP contribution in [-0.4, -0.2) is 17.5 Å². The number of aliphatic hydroxyl groups is 1. The first kappa shape index (κ1) is 14.2. The number of carbonyl (C=O) groups excluding carboxylic acids is 1. The highest BCUT2D eigenvalue weighted by Crippen LogP contribution is 2.65. The van der Waals surface area contributed by atoms with Crippen molar-refractivity contribution in [3.05, 3.63) is 0 Å². The van der Waals surface area contributed by atoms with E-state index in [0.717, 1.165) is 37.0 Å². The second-order valence-corrected chi connectivity index (χ2v) is 8.85. The molecular weight excluding hydrogens is 260 g/mol. The van der Waals surface area contributed by atoms with Gasteiger partial charge in [-0.3, -0.25) is 4.79 Å². The van der Waals surface area contributed by atoms with E-state index in [1.54, 1.807) is 0 Å². The zero-order valence-corrected chi connectivity index (χ0v) is 13.4. The molecule has 1 N–H and O–H groups in total. The third-order valence-electron chi connectivity index (χ3n) is 8.32. The van der Waals surface area contributed by atoms with Gasteiger partial charge in [-0.1, -0.05) is 13.3 Å². The highest BCUT2D eigenvalue weighted by molar-refractivity contribution is 5.79. The van der Waals surface area contributed by atoms with Crippen molar-refractivity contribution in [2.24, 2.45) is 34.5 Å². The van der Waals surface area contributed by atoms with Crippen LogP contribution in [0.5, 0.6) is 0 Å². The summed E-state index contributed by atoms with van der Waals surface area (Å²) in [6.45, 7) is 2.92. The van der Waals surface area contributed by atoms with E-state index in [1.165, 1.54) is 44.9 Å². The Morgan fingerprint density at radius 1 is 1.10 bits per heavy atom. The second-order valence-electron chi connectivity index (χ2n) is 8.85. The highest BCUT2D eigenvalue weighted by atomic mass is 16.3. The Bertz CT molecular complexity index is 445. The van der Waals surface area contributed by atoms with Crippen LogP contribution >= 0.6 is 0 Å². The van der Waals surface area contributed by atoms with Gasteiger partial charge in [-0.05, 0) is 79.4 Å². The Labute approximate surface area is 128 Å². The molecule has 2 nitrogen and oxygen atoms in total. The molecule has 0 aromatic heterocycles. The van der Waals surface area contributed by atoms with Crippen LogP contribution in [0.2, 0.25) is 0 Å². The van der Waals surface area contributed by atoms with Gasteiger partial charge in [-0.15, -0.1) is 0 Å². The predicted molar refractivity (Wildman–Crippen MR) is 82.8 cm³/mol. The molecule has 4 rings (SSSR count). The summed E-state index contributed by atoms with van der Waals surface area (Å²) in [6, 6.07) is 0. The lowest BCUT2D eigenvalue weighted by Gasteiger charge is -2.60. The van der Waals surface area contributed by atoms with Crippen LogP contribution in [0, 0.1) is 34.5 Å². The summed E-state index contributed by atoms with van der Waals surface area (Å²) in [5.74, 6) is 3.60. The number of aliphatic hydroxyl groups excluding tert-OH is 1. The third kappa shape index (κ3) is 1.90. The normalized spacial score (nSPS) is 53.0. The number of fused-ring (bicyclic) bond motifs is 5. The van der Waals surface area contributed by atoms with Crippen LogP contribution < -0.4 is 0 Å². The van der Waals surface area contributed by atoms with Crippen molar-refractivity contribution in [3.63, 3.8) is 0 Å². The molecule has 4 saturated carbocycles. The maximum atomic E-state index is 11.9. The first-order valence-corrected chi connectivity index (χ1v) is 9.22. The average Bonchev–Trinajstić information content (AvgIpc) is 2.92. The van der Waals surface area contributed by atoms with Gasteiger partial charge in [0.25, 0.3) is 0 Å². The third-order valence-corrected chi connectivity index (χ3v) is 8.32. The van der Waals surface area contributed by atoms with E-state index in [0.29, 0.717) is 23.7 Å². The fraction of sp³-hybridized carbons (Fsp3) is 0.947. The molecule has 2 heteroatoms. The molecule has 4 aliphatic carbocycles. The first-order valence-electron chi connectivity index (χ1n) is 9.22. The minimum Gasteiger partial charge on any atom is -0.396 e. The Balaban J connectivity index is 1.63. The van der Waals surface area contributed by atoms with Gasteiger partial charge in [0, 0.05) is 19.4 Å². The van der Waals surface area contributed by atoms with E-state index >= 15 is 0 Å². The first-order chi connectivity index (χ1) is 10.1. The predicted octanol–water partition coefficient (Wildman–Crippen LogP) is 3.96. The number of carbonyl (C=O) groups is 1. The molecule has 6 atom stereocenters. The van der Waals surface area contributed by atoms with Crippen molar-refractivity contribution < 1.29 is 9.90 Å². The highest BCUT2D eigenvalue weighted by Gasteiger charge is 2.58. The largest absolute Gasteiger partial charge is 0.396 e. The molecule has 4 aliphatic rings. The van der Waals surface area contributed by atoms with Crippen LogP contribution in [0.4, 0.5) is 0 Å². The molecule has 0 saturated heterocycles. The SMILES string of the molecule is C[C@]12CCC(=O)CC1CC[C@H]1[C@@H]3CCC[C@@]3(CO)CC[C@@H]12. The standard InChI is InChI=1S/C19H30O2/c1-18-9-6-14(21)11-13(18)4-5-15-16(18)7-10-19(12-20)8-2-3-17(15)19/h13,15-17,20H,2-12H2,1H3/t13?,15-,16+,17+,18+,19+/m1/s1. The molecule has 0 aromatic rings. The van der Waals surface area contributed by atoms with E-state index in [2.05, 4.69) is 6.92 Å². The summed E-state index contributed by atoms with van der Waals surface area (Å²) >= 11 is 0. The molecular formula is C19H30O2. The molecule has 0 spiro atoms. The quantitative estimate of drug-likeness (QED) is 0.793. The monoisotopic (exact) mass is 290 g/mol. The lowest BCUT2D eigenvalue weighted by molar-refractivity contribution is -0.141. The van der Waals surface area contributed by atoms with Crippen LogP contribution in [0.25, 0.3) is 0 Å². The number of rotatable bonds is 1. The van der Waals surface area contributed by atoms with E-state index in [9.17, 15) is 9.90 Å².